The zero-order chi connectivity index (χ0) is 30.2. The number of amides is 1. The number of hydrogen-bond donors (Lipinski definition) is 6. The highest BCUT2D eigenvalue weighted by atomic mass is 16.5. The fourth-order valence-electron chi connectivity index (χ4n) is 6.32. The Kier molecular flexibility index (Phi) is 6.89. The second-order valence-electron chi connectivity index (χ2n) is 11.8. The van der Waals surface area contributed by atoms with Crippen LogP contribution in [0.2, 0.25) is 0 Å². The number of carbonyl (C=O) groups excluding carboxylic acids is 4. The molecule has 0 aromatic heterocycles. The fourth-order valence-corrected chi connectivity index (χ4v) is 6.32. The zero-order valence-electron chi connectivity index (χ0n) is 23.2. The molecule has 1 aromatic carbocycles. The number of benzene rings is 1. The van der Waals surface area contributed by atoms with E-state index in [2.05, 4.69) is 0 Å². The lowest BCUT2D eigenvalue weighted by Gasteiger charge is -2.54. The first kappa shape index (κ1) is 29.2. The molecule has 12 nitrogen and oxygen atoms in total. The highest BCUT2D eigenvalue weighted by Crippen LogP contribution is 2.56. The predicted octanol–water partition coefficient (Wildman–Crippen LogP) is 0.651. The van der Waals surface area contributed by atoms with E-state index in [0.717, 1.165) is 0 Å². The number of hydrogen-bond acceptors (Lipinski definition) is 11. The van der Waals surface area contributed by atoms with E-state index >= 15 is 0 Å². The average molecular weight is 558 g/mol. The van der Waals surface area contributed by atoms with Gasteiger partial charge in [0.25, 0.3) is 5.91 Å². The van der Waals surface area contributed by atoms with Crippen molar-refractivity contribution in [1.29, 1.82) is 0 Å². The van der Waals surface area contributed by atoms with Crippen LogP contribution in [-0.2, 0) is 29.3 Å². The van der Waals surface area contributed by atoms with Gasteiger partial charge in [0.1, 0.15) is 28.9 Å². The standard InChI is InChI=1S/C28H35N3O9/c1-7-12(32)40-23-14-15(21(34)13-10(18(14)29)8-9-11(20(13)33)27(2,3)4)24(36)28(39)17(23)19(31(5)6)22(35)16(25(28)37)26(30)38/h8-9,14,17-19,23,33-34,37,39H,7,29H2,1-6H3,(H2,30,38)/t14-,17+,18-,19-,23-,28-/m0/s1. The van der Waals surface area contributed by atoms with E-state index in [1.165, 1.54) is 25.9 Å². The third kappa shape index (κ3) is 3.85. The molecule has 8 N–H and O–H groups in total. The van der Waals surface area contributed by atoms with Crippen LogP contribution in [0.5, 0.6) is 5.75 Å². The van der Waals surface area contributed by atoms with Gasteiger partial charge in [0.05, 0.1) is 17.5 Å². The van der Waals surface area contributed by atoms with Crippen molar-refractivity contribution in [3.05, 3.63) is 45.7 Å². The molecule has 6 atom stereocenters. The van der Waals surface area contributed by atoms with Gasteiger partial charge in [-0.1, -0.05) is 39.8 Å². The molecular formula is C28H35N3O9. The minimum Gasteiger partial charge on any atom is -0.508 e. The summed E-state index contributed by atoms with van der Waals surface area (Å²) in [6.45, 7) is 7.01. The Morgan fingerprint density at radius 1 is 1.12 bits per heavy atom. The maximum atomic E-state index is 14.2. The van der Waals surface area contributed by atoms with E-state index in [1.807, 2.05) is 20.8 Å². The molecule has 1 aromatic rings. The number of nitrogens with zero attached hydrogens (tertiary/aromatic N) is 1. The molecule has 4 rings (SSSR count). The van der Waals surface area contributed by atoms with Crippen LogP contribution in [0.4, 0.5) is 0 Å². The topological polar surface area (TPSA) is 214 Å². The van der Waals surface area contributed by atoms with Crippen LogP contribution < -0.4 is 11.5 Å². The quantitative estimate of drug-likeness (QED) is 0.223. The van der Waals surface area contributed by atoms with E-state index in [-0.39, 0.29) is 23.3 Å². The Balaban J connectivity index is 2.13. The number of aromatic hydroxyl groups is 1. The number of Topliss-reactive ketones (excluding diaryl/α,β-unsaturated/α-hetero) is 2. The number of phenols is 1. The van der Waals surface area contributed by atoms with E-state index in [0.29, 0.717) is 5.56 Å². The molecule has 0 saturated heterocycles. The summed E-state index contributed by atoms with van der Waals surface area (Å²) < 4.78 is 5.74. The number of primary amides is 1. The molecule has 1 amide bonds. The summed E-state index contributed by atoms with van der Waals surface area (Å²) in [5.41, 5.74) is 7.49. The highest BCUT2D eigenvalue weighted by molar-refractivity contribution is 6.24. The molecule has 0 spiro atoms. The van der Waals surface area contributed by atoms with Gasteiger partial charge in [0.2, 0.25) is 5.78 Å². The minimum atomic E-state index is -3.01. The van der Waals surface area contributed by atoms with E-state index in [9.17, 15) is 39.6 Å². The number of aliphatic hydroxyl groups is 3. The van der Waals surface area contributed by atoms with Crippen LogP contribution in [0.3, 0.4) is 0 Å². The summed E-state index contributed by atoms with van der Waals surface area (Å²) in [6, 6.07) is 0.609. The number of likely N-dealkylation sites (N-methyl/N-ethyl adjacent to an activating group) is 1. The van der Waals surface area contributed by atoms with Crippen molar-refractivity contribution in [1.82, 2.24) is 4.90 Å². The van der Waals surface area contributed by atoms with Gasteiger partial charge in [0, 0.05) is 29.5 Å². The Bertz CT molecular complexity index is 1400. The van der Waals surface area contributed by atoms with Crippen LogP contribution >= 0.6 is 0 Å². The Hall–Kier alpha value is -3.74. The van der Waals surface area contributed by atoms with Gasteiger partial charge in [-0.25, -0.2) is 0 Å². The number of ether oxygens (including phenoxy) is 1. The van der Waals surface area contributed by atoms with Crippen molar-refractivity contribution < 1.29 is 44.3 Å². The summed E-state index contributed by atoms with van der Waals surface area (Å²) in [5, 5.41) is 45.9. The van der Waals surface area contributed by atoms with Gasteiger partial charge < -0.3 is 36.6 Å². The van der Waals surface area contributed by atoms with Crippen molar-refractivity contribution in [3.8, 4) is 5.75 Å². The molecular weight excluding hydrogens is 522 g/mol. The van der Waals surface area contributed by atoms with Gasteiger partial charge in [0.15, 0.2) is 11.4 Å². The van der Waals surface area contributed by atoms with Crippen molar-refractivity contribution in [2.45, 2.75) is 63.3 Å². The molecule has 0 unspecified atom stereocenters. The van der Waals surface area contributed by atoms with Crippen LogP contribution in [0.1, 0.15) is 56.8 Å². The summed E-state index contributed by atoms with van der Waals surface area (Å²) >= 11 is 0. The smallest absolute Gasteiger partial charge is 0.305 e. The first-order valence-corrected chi connectivity index (χ1v) is 12.9. The zero-order valence-corrected chi connectivity index (χ0v) is 23.2. The highest BCUT2D eigenvalue weighted by Gasteiger charge is 2.69. The predicted molar refractivity (Wildman–Crippen MR) is 142 cm³/mol. The molecule has 1 fully saturated rings. The molecule has 1 saturated carbocycles. The molecule has 0 heterocycles. The second-order valence-corrected chi connectivity index (χ2v) is 11.8. The van der Waals surface area contributed by atoms with Gasteiger partial charge in [-0.05, 0) is 25.1 Å². The number of esters is 1. The number of nitrogens with two attached hydrogens (primary N) is 2. The fraction of sp³-hybridized carbons (Fsp3) is 0.500. The number of carbonyl (C=O) groups is 4. The van der Waals surface area contributed by atoms with Crippen LogP contribution in [0.15, 0.2) is 29.0 Å². The molecule has 216 valence electrons. The molecule has 40 heavy (non-hydrogen) atoms. The SMILES string of the molecule is CCC(=O)O[C@H]1[C@H]2C(=C(O)c3c(ccc(C(C)(C)C)c3O)[C@@H]2N)C(=O)[C@]2(O)C(O)=C(C(N)=O)C(=O)[C@@H](N(C)C)[C@H]12. The lowest BCUT2D eigenvalue weighted by molar-refractivity contribution is -0.185. The monoisotopic (exact) mass is 557 g/mol. The minimum absolute atomic E-state index is 0.121. The van der Waals surface area contributed by atoms with Crippen molar-refractivity contribution in [3.63, 3.8) is 0 Å². The molecule has 0 aliphatic heterocycles. The van der Waals surface area contributed by atoms with Gasteiger partial charge >= 0.3 is 5.97 Å². The Morgan fingerprint density at radius 2 is 1.73 bits per heavy atom. The first-order valence-electron chi connectivity index (χ1n) is 12.9. The number of ketones is 2. The summed E-state index contributed by atoms with van der Waals surface area (Å²) in [6.07, 6.45) is -1.66. The van der Waals surface area contributed by atoms with Gasteiger partial charge in [-0.2, -0.15) is 0 Å². The number of fused-ring (bicyclic) bond motifs is 3. The third-order valence-electron chi connectivity index (χ3n) is 8.18. The Labute approximate surface area is 230 Å². The largest absolute Gasteiger partial charge is 0.508 e. The second kappa shape index (κ2) is 9.43. The van der Waals surface area contributed by atoms with E-state index < -0.39 is 87.1 Å². The van der Waals surface area contributed by atoms with Crippen molar-refractivity contribution in [2.75, 3.05) is 14.1 Å². The lowest BCUT2D eigenvalue weighted by Crippen LogP contribution is -2.71. The molecule has 3 aliphatic rings. The lowest BCUT2D eigenvalue weighted by atomic mass is 9.55. The molecule has 12 heteroatoms. The van der Waals surface area contributed by atoms with Crippen molar-refractivity contribution in [2.24, 2.45) is 23.3 Å². The maximum absolute atomic E-state index is 14.2. The Morgan fingerprint density at radius 3 is 2.23 bits per heavy atom. The van der Waals surface area contributed by atoms with Crippen LogP contribution in [-0.4, -0.2) is 80.6 Å². The molecule has 0 bridgehead atoms. The summed E-state index contributed by atoms with van der Waals surface area (Å²) in [4.78, 5) is 53.9. The summed E-state index contributed by atoms with van der Waals surface area (Å²) in [5.74, 6) is -9.70. The molecule has 3 aliphatic carbocycles. The van der Waals surface area contributed by atoms with E-state index in [1.54, 1.807) is 12.1 Å². The average Bonchev–Trinajstić information content (AvgIpc) is 2.84. The third-order valence-corrected chi connectivity index (χ3v) is 8.18. The number of phenolic OH excluding ortho intramolecular Hbond substituents is 1. The van der Waals surface area contributed by atoms with Crippen LogP contribution in [0.25, 0.3) is 5.76 Å². The molecule has 0 radical (unpaired) electrons. The normalized spacial score (nSPS) is 30.2. The first-order chi connectivity index (χ1) is 18.4. The van der Waals surface area contributed by atoms with E-state index in [4.69, 9.17) is 16.2 Å². The van der Waals surface area contributed by atoms with Gasteiger partial charge in [-0.15, -0.1) is 0 Å². The van der Waals surface area contributed by atoms with Crippen molar-refractivity contribution >= 4 is 29.2 Å². The number of aliphatic hydroxyl groups excluding tert-OH is 2. The van der Waals surface area contributed by atoms with Gasteiger partial charge in [-0.3, -0.25) is 24.1 Å². The maximum Gasteiger partial charge on any atom is 0.305 e. The summed E-state index contributed by atoms with van der Waals surface area (Å²) in [7, 11) is 2.89. The number of rotatable bonds is 4. The van der Waals surface area contributed by atoms with Crippen LogP contribution in [0, 0.1) is 11.8 Å².